The molecular weight excluding hydrogens is 394 g/mol. The molecule has 3 aliphatic heterocycles. The topological polar surface area (TPSA) is 54.5 Å². The number of hydrogen-bond donors (Lipinski definition) is 0. The van der Waals surface area contributed by atoms with Gasteiger partial charge in [0.2, 0.25) is 0 Å². The number of likely N-dealkylation sites (tertiary alicyclic amines) is 2. The smallest absolute Gasteiger partial charge is 0.253 e. The van der Waals surface area contributed by atoms with Crippen LogP contribution in [0.4, 0.5) is 0 Å². The third kappa shape index (κ3) is 6.19. The molecule has 3 saturated heterocycles. The number of likely N-dealkylation sites (N-methyl/N-ethyl adjacent to an activating group) is 1. The highest BCUT2D eigenvalue weighted by atomic mass is 16.6. The highest BCUT2D eigenvalue weighted by Gasteiger charge is 2.28. The maximum atomic E-state index is 12.9. The van der Waals surface area contributed by atoms with Crippen molar-refractivity contribution in [3.05, 3.63) is 29.8 Å². The Balaban J connectivity index is 1.26. The normalized spacial score (nSPS) is 24.8. The maximum Gasteiger partial charge on any atom is 0.253 e. The summed E-state index contributed by atoms with van der Waals surface area (Å²) in [4.78, 5) is 19.7. The zero-order valence-corrected chi connectivity index (χ0v) is 19.0. The summed E-state index contributed by atoms with van der Waals surface area (Å²) in [6, 6.07) is 8.32. The monoisotopic (exact) mass is 431 g/mol. The average Bonchev–Trinajstić information content (AvgIpc) is 2.80. The van der Waals surface area contributed by atoms with Crippen LogP contribution in [0.2, 0.25) is 0 Å². The molecule has 4 rings (SSSR count). The van der Waals surface area contributed by atoms with Crippen LogP contribution in [0.15, 0.2) is 24.3 Å². The minimum Gasteiger partial charge on any atom is -0.490 e. The van der Waals surface area contributed by atoms with E-state index in [2.05, 4.69) is 16.8 Å². The van der Waals surface area contributed by atoms with Crippen LogP contribution >= 0.6 is 0 Å². The van der Waals surface area contributed by atoms with Gasteiger partial charge in [0.25, 0.3) is 5.91 Å². The van der Waals surface area contributed by atoms with Crippen molar-refractivity contribution in [1.29, 1.82) is 0 Å². The van der Waals surface area contributed by atoms with E-state index in [4.69, 9.17) is 14.2 Å². The maximum absolute atomic E-state index is 12.9. The van der Waals surface area contributed by atoms with Crippen molar-refractivity contribution in [2.75, 3.05) is 66.6 Å². The predicted molar refractivity (Wildman–Crippen MR) is 120 cm³/mol. The Bertz CT molecular complexity index is 709. The number of benzene rings is 1. The number of carbonyl (C=O) groups is 1. The van der Waals surface area contributed by atoms with Crippen molar-refractivity contribution in [3.8, 4) is 5.75 Å². The summed E-state index contributed by atoms with van der Waals surface area (Å²) in [5.41, 5.74) is 0.653. The number of amides is 1. The Morgan fingerprint density at radius 1 is 1.13 bits per heavy atom. The third-order valence-electron chi connectivity index (χ3n) is 6.77. The van der Waals surface area contributed by atoms with Crippen LogP contribution in [-0.4, -0.2) is 105 Å². The zero-order chi connectivity index (χ0) is 21.6. The second kappa shape index (κ2) is 10.8. The Morgan fingerprint density at radius 2 is 1.90 bits per heavy atom. The lowest BCUT2D eigenvalue weighted by Crippen LogP contribution is -2.48. The molecule has 0 unspecified atom stereocenters. The van der Waals surface area contributed by atoms with Gasteiger partial charge in [0, 0.05) is 38.3 Å². The van der Waals surface area contributed by atoms with Crippen molar-refractivity contribution in [2.45, 2.75) is 43.9 Å². The largest absolute Gasteiger partial charge is 0.490 e. The summed E-state index contributed by atoms with van der Waals surface area (Å²) in [6.07, 6.45) is 4.80. The molecule has 0 radical (unpaired) electrons. The second-order valence-electron chi connectivity index (χ2n) is 9.17. The van der Waals surface area contributed by atoms with Gasteiger partial charge in [0.15, 0.2) is 0 Å². The molecule has 3 fully saturated rings. The van der Waals surface area contributed by atoms with E-state index in [0.717, 1.165) is 37.7 Å². The van der Waals surface area contributed by atoms with Crippen LogP contribution in [0.25, 0.3) is 0 Å². The van der Waals surface area contributed by atoms with Crippen molar-refractivity contribution in [1.82, 2.24) is 14.7 Å². The zero-order valence-electron chi connectivity index (χ0n) is 19.0. The molecule has 1 atom stereocenters. The van der Waals surface area contributed by atoms with Crippen LogP contribution in [0.3, 0.4) is 0 Å². The van der Waals surface area contributed by atoms with Crippen LogP contribution < -0.4 is 4.74 Å². The average molecular weight is 432 g/mol. The predicted octanol–water partition coefficient (Wildman–Crippen LogP) is 2.11. The van der Waals surface area contributed by atoms with Gasteiger partial charge in [-0.15, -0.1) is 0 Å². The van der Waals surface area contributed by atoms with Crippen LogP contribution in [-0.2, 0) is 9.47 Å². The van der Waals surface area contributed by atoms with Crippen molar-refractivity contribution < 1.29 is 19.0 Å². The van der Waals surface area contributed by atoms with E-state index >= 15 is 0 Å². The number of ether oxygens (including phenoxy) is 3. The summed E-state index contributed by atoms with van der Waals surface area (Å²) in [5.74, 6) is 0.769. The number of carbonyl (C=O) groups excluding carboxylic acids is 1. The van der Waals surface area contributed by atoms with Gasteiger partial charge in [0.1, 0.15) is 11.9 Å². The SMILES string of the molecule is CN1CCC(N2CCC(Oc3cccc(C(=O)N(C)C[C@@H]4COCCO4)c3)CC2)CC1. The molecule has 3 heterocycles. The van der Waals surface area contributed by atoms with Crippen molar-refractivity contribution in [2.24, 2.45) is 0 Å². The first-order valence-electron chi connectivity index (χ1n) is 11.7. The first-order valence-corrected chi connectivity index (χ1v) is 11.7. The molecule has 0 aromatic heterocycles. The fraction of sp³-hybridized carbons (Fsp3) is 0.708. The molecule has 0 N–H and O–H groups in total. The minimum atomic E-state index is -0.0584. The first kappa shape index (κ1) is 22.5. The van der Waals surface area contributed by atoms with E-state index in [-0.39, 0.29) is 18.1 Å². The van der Waals surface area contributed by atoms with E-state index in [1.807, 2.05) is 31.3 Å². The highest BCUT2D eigenvalue weighted by molar-refractivity contribution is 5.94. The van der Waals surface area contributed by atoms with Gasteiger partial charge < -0.3 is 28.9 Å². The lowest BCUT2D eigenvalue weighted by molar-refractivity contribution is -0.0933. The van der Waals surface area contributed by atoms with E-state index in [1.165, 1.54) is 25.9 Å². The minimum absolute atomic E-state index is 0.0169. The number of rotatable bonds is 6. The molecule has 7 heteroatoms. The van der Waals surface area contributed by atoms with Crippen LogP contribution in [0.1, 0.15) is 36.0 Å². The van der Waals surface area contributed by atoms with E-state index in [1.54, 1.807) is 4.90 Å². The van der Waals surface area contributed by atoms with Crippen molar-refractivity contribution in [3.63, 3.8) is 0 Å². The fourth-order valence-corrected chi connectivity index (χ4v) is 4.86. The lowest BCUT2D eigenvalue weighted by atomic mass is 9.99. The number of hydrogen-bond acceptors (Lipinski definition) is 6. The van der Waals surface area contributed by atoms with Gasteiger partial charge >= 0.3 is 0 Å². The molecular formula is C24H37N3O4. The molecule has 7 nitrogen and oxygen atoms in total. The molecule has 1 aromatic carbocycles. The third-order valence-corrected chi connectivity index (χ3v) is 6.77. The molecule has 172 valence electrons. The standard InChI is InChI=1S/C24H37N3O4/c1-25-10-6-20(7-11-25)27-12-8-21(9-13-27)31-22-5-3-4-19(16-22)24(28)26(2)17-23-18-29-14-15-30-23/h3-5,16,20-21,23H,6-15,17-18H2,1-2H3/t23-/m1/s1. The number of nitrogens with zero attached hydrogens (tertiary/aromatic N) is 3. The van der Waals surface area contributed by atoms with Gasteiger partial charge in [-0.3, -0.25) is 4.79 Å². The molecule has 0 bridgehead atoms. The second-order valence-corrected chi connectivity index (χ2v) is 9.17. The summed E-state index contributed by atoms with van der Waals surface area (Å²) in [7, 11) is 4.03. The van der Waals surface area contributed by atoms with Gasteiger partial charge in [-0.05, 0) is 64.0 Å². The number of piperidine rings is 2. The molecule has 0 saturated carbocycles. The van der Waals surface area contributed by atoms with Gasteiger partial charge in [-0.25, -0.2) is 0 Å². The quantitative estimate of drug-likeness (QED) is 0.688. The Morgan fingerprint density at radius 3 is 2.61 bits per heavy atom. The van der Waals surface area contributed by atoms with Crippen LogP contribution in [0, 0.1) is 0 Å². The summed E-state index contributed by atoms with van der Waals surface area (Å²) in [6.45, 7) is 6.90. The Kier molecular flexibility index (Phi) is 7.82. The van der Waals surface area contributed by atoms with Crippen molar-refractivity contribution >= 4 is 5.91 Å². The summed E-state index contributed by atoms with van der Waals surface area (Å²) in [5, 5.41) is 0. The summed E-state index contributed by atoms with van der Waals surface area (Å²) < 4.78 is 17.4. The van der Waals surface area contributed by atoms with E-state index in [0.29, 0.717) is 31.9 Å². The molecule has 0 aliphatic carbocycles. The molecule has 31 heavy (non-hydrogen) atoms. The lowest BCUT2D eigenvalue weighted by Gasteiger charge is -2.41. The first-order chi connectivity index (χ1) is 15.1. The van der Waals surface area contributed by atoms with Crippen LogP contribution in [0.5, 0.6) is 5.75 Å². The van der Waals surface area contributed by atoms with Gasteiger partial charge in [-0.2, -0.15) is 0 Å². The molecule has 0 spiro atoms. The summed E-state index contributed by atoms with van der Waals surface area (Å²) >= 11 is 0. The Labute approximate surface area is 186 Å². The molecule has 1 amide bonds. The molecule has 3 aliphatic rings. The fourth-order valence-electron chi connectivity index (χ4n) is 4.86. The highest BCUT2D eigenvalue weighted by Crippen LogP contribution is 2.24. The Hall–Kier alpha value is -1.67. The van der Waals surface area contributed by atoms with E-state index in [9.17, 15) is 4.79 Å². The molecule has 1 aromatic rings. The van der Waals surface area contributed by atoms with E-state index < -0.39 is 0 Å². The van der Waals surface area contributed by atoms with Gasteiger partial charge in [-0.1, -0.05) is 6.07 Å². The van der Waals surface area contributed by atoms with Gasteiger partial charge in [0.05, 0.1) is 25.9 Å².